The van der Waals surface area contributed by atoms with Gasteiger partial charge in [0.05, 0.1) is 10.9 Å². The molecule has 0 fully saturated rings. The second-order valence-electron chi connectivity index (χ2n) is 7.30. The molecule has 3 nitrogen and oxygen atoms in total. The largest absolute Gasteiger partial charge is 0.489 e. The zero-order valence-corrected chi connectivity index (χ0v) is 18.1. The highest BCUT2D eigenvalue weighted by atomic mass is 32.2. The molecule has 0 spiro atoms. The zero-order chi connectivity index (χ0) is 21.1. The van der Waals surface area contributed by atoms with Gasteiger partial charge in [0.15, 0.2) is 14.7 Å². The quantitative estimate of drug-likeness (QED) is 0.182. The van der Waals surface area contributed by atoms with Gasteiger partial charge in [0, 0.05) is 35.8 Å². The molecule has 0 radical (unpaired) electrons. The standard InChI is InChI=1S/C26H25O3S/c1-4-25(27)28-13-14-29-26-18(2)15-22(16-19(26)3)30-23-11-7-5-9-20(23)17-21-10-6-8-12-24(21)30/h4-12,15-16H,1,13-14,17H2,2-3H3/q+1. The van der Waals surface area contributed by atoms with E-state index in [4.69, 9.17) is 9.47 Å². The van der Waals surface area contributed by atoms with Crippen LogP contribution in [0, 0.1) is 13.8 Å². The van der Waals surface area contributed by atoms with Crippen LogP contribution in [0.25, 0.3) is 0 Å². The molecule has 0 saturated carbocycles. The minimum absolute atomic E-state index is 0.138. The van der Waals surface area contributed by atoms with Crippen molar-refractivity contribution in [2.75, 3.05) is 13.2 Å². The van der Waals surface area contributed by atoms with Gasteiger partial charge >= 0.3 is 5.97 Å². The Morgan fingerprint density at radius 2 is 1.53 bits per heavy atom. The number of benzene rings is 3. The van der Waals surface area contributed by atoms with Crippen molar-refractivity contribution in [1.82, 2.24) is 0 Å². The molecule has 1 aliphatic heterocycles. The fourth-order valence-corrected chi connectivity index (χ4v) is 6.44. The highest BCUT2D eigenvalue weighted by molar-refractivity contribution is 7.97. The summed E-state index contributed by atoms with van der Waals surface area (Å²) in [6, 6.07) is 22.0. The molecule has 30 heavy (non-hydrogen) atoms. The Balaban J connectivity index is 1.65. The Morgan fingerprint density at radius 3 is 2.10 bits per heavy atom. The molecule has 0 N–H and O–H groups in total. The van der Waals surface area contributed by atoms with Crippen LogP contribution < -0.4 is 4.74 Å². The first-order valence-corrected chi connectivity index (χ1v) is 11.2. The van der Waals surface area contributed by atoms with Crippen molar-refractivity contribution < 1.29 is 14.3 Å². The van der Waals surface area contributed by atoms with E-state index < -0.39 is 5.97 Å². The predicted molar refractivity (Wildman–Crippen MR) is 120 cm³/mol. The van der Waals surface area contributed by atoms with E-state index in [-0.39, 0.29) is 17.5 Å². The maximum Gasteiger partial charge on any atom is 0.330 e. The van der Waals surface area contributed by atoms with E-state index in [2.05, 4.69) is 81.1 Å². The lowest BCUT2D eigenvalue weighted by Gasteiger charge is -2.20. The predicted octanol–water partition coefficient (Wildman–Crippen LogP) is 5.41. The molecule has 4 heteroatoms. The first-order chi connectivity index (χ1) is 14.6. The minimum atomic E-state index is -0.432. The molecule has 152 valence electrons. The molecule has 0 amide bonds. The van der Waals surface area contributed by atoms with E-state index in [1.54, 1.807) is 0 Å². The summed E-state index contributed by atoms with van der Waals surface area (Å²) in [5.74, 6) is 0.425. The van der Waals surface area contributed by atoms with Gasteiger partial charge in [-0.25, -0.2) is 4.79 Å². The van der Waals surface area contributed by atoms with Crippen molar-refractivity contribution in [3.63, 3.8) is 0 Å². The van der Waals surface area contributed by atoms with Gasteiger partial charge in [0.25, 0.3) is 0 Å². The molecule has 0 bridgehead atoms. The summed E-state index contributed by atoms with van der Waals surface area (Å²) in [6.45, 7) is 8.07. The Hall–Kier alpha value is -2.98. The number of ether oxygens (including phenoxy) is 2. The van der Waals surface area contributed by atoms with Crippen LogP contribution in [-0.4, -0.2) is 19.2 Å². The second-order valence-corrected chi connectivity index (χ2v) is 9.27. The molecule has 4 rings (SSSR count). The summed E-state index contributed by atoms with van der Waals surface area (Å²) in [7, 11) is -0.138. The molecular formula is C26H25O3S+. The van der Waals surface area contributed by atoms with Gasteiger partial charge in [-0.3, -0.25) is 0 Å². The molecule has 0 aliphatic carbocycles. The molecule has 1 heterocycles. The smallest absolute Gasteiger partial charge is 0.330 e. The van der Waals surface area contributed by atoms with E-state index in [0.717, 1.165) is 29.4 Å². The summed E-state index contributed by atoms with van der Waals surface area (Å²) >= 11 is 0. The third-order valence-corrected chi connectivity index (χ3v) is 7.56. The fraction of sp³-hybridized carbons (Fsp3) is 0.192. The normalized spacial score (nSPS) is 12.6. The maximum absolute atomic E-state index is 11.2. The number of aryl methyl sites for hydroxylation is 2. The van der Waals surface area contributed by atoms with Gasteiger partial charge in [-0.1, -0.05) is 43.0 Å². The first-order valence-electron chi connectivity index (χ1n) is 10.0. The van der Waals surface area contributed by atoms with Crippen LogP contribution in [0.3, 0.4) is 0 Å². The van der Waals surface area contributed by atoms with Crippen LogP contribution in [0.15, 0.2) is 88.0 Å². The van der Waals surface area contributed by atoms with Gasteiger partial charge in [-0.2, -0.15) is 0 Å². The molecule has 3 aromatic carbocycles. The summed E-state index contributed by atoms with van der Waals surface area (Å²) in [5, 5.41) is 0. The van der Waals surface area contributed by atoms with Crippen molar-refractivity contribution in [3.05, 3.63) is 95.6 Å². The summed E-state index contributed by atoms with van der Waals surface area (Å²) in [4.78, 5) is 15.3. The van der Waals surface area contributed by atoms with E-state index in [0.29, 0.717) is 6.61 Å². The van der Waals surface area contributed by atoms with Crippen molar-refractivity contribution in [3.8, 4) is 5.75 Å². The van der Waals surface area contributed by atoms with Crippen LogP contribution in [0.1, 0.15) is 22.3 Å². The van der Waals surface area contributed by atoms with Gasteiger partial charge in [-0.05, 0) is 37.1 Å². The third-order valence-electron chi connectivity index (χ3n) is 5.18. The third kappa shape index (κ3) is 4.01. The molecular weight excluding hydrogens is 392 g/mol. The van der Waals surface area contributed by atoms with E-state index in [1.165, 1.54) is 25.8 Å². The Bertz CT molecular complexity index is 1030. The van der Waals surface area contributed by atoms with Crippen molar-refractivity contribution >= 4 is 16.9 Å². The zero-order valence-electron chi connectivity index (χ0n) is 17.3. The molecule has 0 aromatic heterocycles. The average Bonchev–Trinajstić information content (AvgIpc) is 2.76. The van der Waals surface area contributed by atoms with Gasteiger partial charge in [-0.15, -0.1) is 0 Å². The van der Waals surface area contributed by atoms with Crippen LogP contribution in [0.2, 0.25) is 0 Å². The lowest BCUT2D eigenvalue weighted by molar-refractivity contribution is -0.138. The van der Waals surface area contributed by atoms with E-state index >= 15 is 0 Å². The van der Waals surface area contributed by atoms with Crippen LogP contribution in [0.4, 0.5) is 0 Å². The lowest BCUT2D eigenvalue weighted by atomic mass is 10.0. The molecule has 1 aliphatic rings. The highest BCUT2D eigenvalue weighted by Gasteiger charge is 2.37. The van der Waals surface area contributed by atoms with Crippen LogP contribution in [0.5, 0.6) is 5.75 Å². The van der Waals surface area contributed by atoms with Gasteiger partial charge in [0.1, 0.15) is 19.0 Å². The minimum Gasteiger partial charge on any atom is -0.489 e. The van der Waals surface area contributed by atoms with Gasteiger partial charge in [0.2, 0.25) is 0 Å². The Labute approximate surface area is 180 Å². The number of esters is 1. The van der Waals surface area contributed by atoms with E-state index in [1.807, 2.05) is 0 Å². The van der Waals surface area contributed by atoms with Crippen molar-refractivity contribution in [1.29, 1.82) is 0 Å². The number of fused-ring (bicyclic) bond motifs is 2. The van der Waals surface area contributed by atoms with Crippen molar-refractivity contribution in [2.24, 2.45) is 0 Å². The molecule has 3 aromatic rings. The Morgan fingerprint density at radius 1 is 0.967 bits per heavy atom. The van der Waals surface area contributed by atoms with Gasteiger partial charge < -0.3 is 9.47 Å². The summed E-state index contributed by atoms with van der Waals surface area (Å²) < 4.78 is 10.9. The van der Waals surface area contributed by atoms with E-state index in [9.17, 15) is 4.79 Å². The fourth-order valence-electron chi connectivity index (χ4n) is 3.88. The number of carbonyl (C=O) groups excluding carboxylic acids is 1. The maximum atomic E-state index is 11.2. The topological polar surface area (TPSA) is 35.5 Å². The molecule has 0 saturated heterocycles. The number of rotatable bonds is 6. The van der Waals surface area contributed by atoms with Crippen LogP contribution in [-0.2, 0) is 26.8 Å². The molecule has 0 unspecified atom stereocenters. The summed E-state index contributed by atoms with van der Waals surface area (Å²) in [5.41, 5.74) is 4.99. The number of hydrogen-bond acceptors (Lipinski definition) is 3. The summed E-state index contributed by atoms with van der Waals surface area (Å²) in [6.07, 6.45) is 2.14. The molecule has 0 atom stereocenters. The Kier molecular flexibility index (Phi) is 5.96. The first kappa shape index (κ1) is 20.3. The SMILES string of the molecule is C=CC(=O)OCCOc1c(C)cc([S+]2c3ccccc3Cc3ccccc32)cc1C. The second kappa shape index (κ2) is 8.80. The number of carbonyl (C=O) groups is 1. The highest BCUT2D eigenvalue weighted by Crippen LogP contribution is 2.41. The van der Waals surface area contributed by atoms with Crippen LogP contribution >= 0.6 is 0 Å². The number of hydrogen-bond donors (Lipinski definition) is 0. The lowest BCUT2D eigenvalue weighted by Crippen LogP contribution is -2.16. The van der Waals surface area contributed by atoms with Crippen molar-refractivity contribution in [2.45, 2.75) is 35.0 Å². The average molecular weight is 418 g/mol. The monoisotopic (exact) mass is 417 g/mol.